The molecule has 27 heavy (non-hydrogen) atoms. The van der Waals surface area contributed by atoms with Gasteiger partial charge in [0.15, 0.2) is 0 Å². The van der Waals surface area contributed by atoms with Crippen LogP contribution >= 0.6 is 0 Å². The van der Waals surface area contributed by atoms with E-state index in [1.807, 2.05) is 18.2 Å². The molecule has 1 aliphatic rings. The third-order valence-corrected chi connectivity index (χ3v) is 4.46. The van der Waals surface area contributed by atoms with E-state index in [1.165, 1.54) is 31.3 Å². The number of nitrogens with one attached hydrogen (secondary N) is 2. The van der Waals surface area contributed by atoms with E-state index in [4.69, 9.17) is 4.74 Å². The third kappa shape index (κ3) is 5.54. The topological polar surface area (TPSA) is 76.1 Å². The molecule has 3 rings (SSSR count). The number of hydrogen-bond donors (Lipinski definition) is 2. The number of rotatable bonds is 8. The van der Waals surface area contributed by atoms with Gasteiger partial charge in [-0.2, -0.15) is 4.98 Å². The number of ether oxygens (including phenoxy) is 1. The zero-order valence-electron chi connectivity index (χ0n) is 15.7. The van der Waals surface area contributed by atoms with Crippen molar-refractivity contribution < 1.29 is 9.53 Å². The zero-order valence-corrected chi connectivity index (χ0v) is 15.7. The quantitative estimate of drug-likeness (QED) is 0.521. The van der Waals surface area contributed by atoms with Gasteiger partial charge in [0.1, 0.15) is 5.82 Å². The fourth-order valence-corrected chi connectivity index (χ4v) is 3.10. The monoisotopic (exact) mass is 366 g/mol. The lowest BCUT2D eigenvalue weighted by atomic mass is 9.97. The first-order valence-electron chi connectivity index (χ1n) is 9.54. The first-order chi connectivity index (χ1) is 13.3. The summed E-state index contributed by atoms with van der Waals surface area (Å²) in [6.45, 7) is 2.97. The Kier molecular flexibility index (Phi) is 6.79. The molecule has 1 aliphatic carbocycles. The highest BCUT2D eigenvalue weighted by Crippen LogP contribution is 2.21. The van der Waals surface area contributed by atoms with Crippen LogP contribution in [0.4, 0.5) is 17.5 Å². The Bertz CT molecular complexity index is 804. The second kappa shape index (κ2) is 9.71. The first kappa shape index (κ1) is 18.9. The maximum absolute atomic E-state index is 12.1. The average Bonchev–Trinajstić information content (AvgIpc) is 2.70. The molecule has 0 spiro atoms. The van der Waals surface area contributed by atoms with Gasteiger partial charge in [0, 0.05) is 12.7 Å². The van der Waals surface area contributed by atoms with Crippen LogP contribution in [0.1, 0.15) is 49.4 Å². The van der Waals surface area contributed by atoms with Gasteiger partial charge < -0.3 is 15.4 Å². The molecule has 0 amide bonds. The van der Waals surface area contributed by atoms with Crippen molar-refractivity contribution in [2.45, 2.75) is 39.0 Å². The van der Waals surface area contributed by atoms with Gasteiger partial charge in [-0.25, -0.2) is 9.78 Å². The largest absolute Gasteiger partial charge is 0.462 e. The summed E-state index contributed by atoms with van der Waals surface area (Å²) < 4.78 is 5.10. The summed E-state index contributed by atoms with van der Waals surface area (Å²) in [6, 6.07) is 9.03. The Morgan fingerprint density at radius 1 is 1.22 bits per heavy atom. The molecule has 0 unspecified atom stereocenters. The summed E-state index contributed by atoms with van der Waals surface area (Å²) in [6.07, 6.45) is 10.1. The molecule has 6 heteroatoms. The van der Waals surface area contributed by atoms with E-state index >= 15 is 0 Å². The average molecular weight is 366 g/mol. The van der Waals surface area contributed by atoms with Crippen LogP contribution in [0.15, 0.2) is 48.2 Å². The molecule has 1 aromatic carbocycles. The fraction of sp³-hybridized carbons (Fsp3) is 0.381. The minimum atomic E-state index is -0.365. The lowest BCUT2D eigenvalue weighted by molar-refractivity contribution is 0.0527. The first-order valence-corrected chi connectivity index (χ1v) is 9.54. The number of allylic oxidation sites excluding steroid dienone is 1. The van der Waals surface area contributed by atoms with Crippen molar-refractivity contribution in [1.82, 2.24) is 9.97 Å². The SMILES string of the molecule is CCOC(=O)c1ccccc1Nc1nccc(NCCC2=CCCCC2)n1. The Morgan fingerprint density at radius 3 is 2.93 bits per heavy atom. The molecule has 142 valence electrons. The van der Waals surface area contributed by atoms with Gasteiger partial charge >= 0.3 is 5.97 Å². The molecule has 6 nitrogen and oxygen atoms in total. The molecule has 0 atom stereocenters. The van der Waals surface area contributed by atoms with Gasteiger partial charge in [-0.05, 0) is 57.2 Å². The predicted molar refractivity (Wildman–Crippen MR) is 107 cm³/mol. The number of anilines is 3. The van der Waals surface area contributed by atoms with Gasteiger partial charge in [0.2, 0.25) is 5.95 Å². The van der Waals surface area contributed by atoms with Gasteiger partial charge in [0.05, 0.1) is 17.9 Å². The Labute approximate surface area is 160 Å². The van der Waals surface area contributed by atoms with Crippen LogP contribution in [0.2, 0.25) is 0 Å². The van der Waals surface area contributed by atoms with Crippen molar-refractivity contribution in [3.63, 3.8) is 0 Å². The van der Waals surface area contributed by atoms with E-state index in [0.29, 0.717) is 23.8 Å². The van der Waals surface area contributed by atoms with Crippen molar-refractivity contribution in [3.8, 4) is 0 Å². The summed E-state index contributed by atoms with van der Waals surface area (Å²) in [5.41, 5.74) is 2.62. The lowest BCUT2D eigenvalue weighted by Crippen LogP contribution is -2.10. The van der Waals surface area contributed by atoms with Gasteiger partial charge in [-0.15, -0.1) is 0 Å². The molecule has 1 aromatic heterocycles. The number of esters is 1. The van der Waals surface area contributed by atoms with Gasteiger partial charge in [-0.1, -0.05) is 23.8 Å². The lowest BCUT2D eigenvalue weighted by Gasteiger charge is -2.14. The highest BCUT2D eigenvalue weighted by atomic mass is 16.5. The molecule has 0 fully saturated rings. The zero-order chi connectivity index (χ0) is 18.9. The Balaban J connectivity index is 1.62. The van der Waals surface area contributed by atoms with Crippen LogP contribution in [0.25, 0.3) is 0 Å². The number of nitrogens with zero attached hydrogens (tertiary/aromatic N) is 2. The molecular weight excluding hydrogens is 340 g/mol. The van der Waals surface area contributed by atoms with E-state index in [2.05, 4.69) is 26.7 Å². The minimum Gasteiger partial charge on any atom is -0.462 e. The van der Waals surface area contributed by atoms with E-state index in [1.54, 1.807) is 25.3 Å². The van der Waals surface area contributed by atoms with E-state index in [-0.39, 0.29) is 5.97 Å². The Hall–Kier alpha value is -2.89. The smallest absolute Gasteiger partial charge is 0.340 e. The highest BCUT2D eigenvalue weighted by molar-refractivity contribution is 5.96. The van der Waals surface area contributed by atoms with Gasteiger partial charge in [-0.3, -0.25) is 0 Å². The van der Waals surface area contributed by atoms with Crippen LogP contribution in [-0.4, -0.2) is 29.1 Å². The number of hydrogen-bond acceptors (Lipinski definition) is 6. The third-order valence-electron chi connectivity index (χ3n) is 4.46. The molecule has 0 saturated carbocycles. The van der Waals surface area contributed by atoms with Crippen molar-refractivity contribution in [3.05, 3.63) is 53.7 Å². The van der Waals surface area contributed by atoms with Crippen molar-refractivity contribution in [1.29, 1.82) is 0 Å². The molecular formula is C21H26N4O2. The molecule has 2 aromatic rings. The summed E-state index contributed by atoms with van der Waals surface area (Å²) in [7, 11) is 0. The summed E-state index contributed by atoms with van der Waals surface area (Å²) in [4.78, 5) is 20.8. The Morgan fingerprint density at radius 2 is 2.11 bits per heavy atom. The van der Waals surface area contributed by atoms with E-state index < -0.39 is 0 Å². The maximum Gasteiger partial charge on any atom is 0.340 e. The van der Waals surface area contributed by atoms with Crippen molar-refractivity contribution in [2.75, 3.05) is 23.8 Å². The van der Waals surface area contributed by atoms with E-state index in [0.717, 1.165) is 18.8 Å². The fourth-order valence-electron chi connectivity index (χ4n) is 3.10. The van der Waals surface area contributed by atoms with Crippen molar-refractivity contribution >= 4 is 23.4 Å². The number of para-hydroxylation sites is 1. The molecule has 0 saturated heterocycles. The second-order valence-electron chi connectivity index (χ2n) is 6.44. The standard InChI is InChI=1S/C21H26N4O2/c1-2-27-20(26)17-10-6-7-11-18(17)24-21-23-15-13-19(25-21)22-14-12-16-8-4-3-5-9-16/h6-8,10-11,13,15H,2-5,9,12,14H2,1H3,(H2,22,23,24,25). The normalized spacial score (nSPS) is 13.6. The maximum atomic E-state index is 12.1. The highest BCUT2D eigenvalue weighted by Gasteiger charge is 2.13. The van der Waals surface area contributed by atoms with Crippen LogP contribution in [0.3, 0.4) is 0 Å². The summed E-state index contributed by atoms with van der Waals surface area (Å²) in [5.74, 6) is 0.835. The number of carbonyl (C=O) groups excluding carboxylic acids is 1. The van der Waals surface area contributed by atoms with Crippen LogP contribution in [0.5, 0.6) is 0 Å². The van der Waals surface area contributed by atoms with Gasteiger partial charge in [0.25, 0.3) is 0 Å². The van der Waals surface area contributed by atoms with Crippen LogP contribution in [-0.2, 0) is 4.74 Å². The molecule has 2 N–H and O–H groups in total. The van der Waals surface area contributed by atoms with E-state index in [9.17, 15) is 4.79 Å². The molecule has 1 heterocycles. The summed E-state index contributed by atoms with van der Waals surface area (Å²) >= 11 is 0. The van der Waals surface area contributed by atoms with Crippen LogP contribution < -0.4 is 10.6 Å². The predicted octanol–water partition coefficient (Wildman–Crippen LogP) is 4.70. The molecule has 0 radical (unpaired) electrons. The van der Waals surface area contributed by atoms with Crippen molar-refractivity contribution in [2.24, 2.45) is 0 Å². The number of benzene rings is 1. The minimum absolute atomic E-state index is 0.333. The second-order valence-corrected chi connectivity index (χ2v) is 6.44. The van der Waals surface area contributed by atoms with Crippen LogP contribution in [0, 0.1) is 0 Å². The summed E-state index contributed by atoms with van der Waals surface area (Å²) in [5, 5.41) is 6.47. The number of carbonyl (C=O) groups is 1. The molecule has 0 aliphatic heterocycles. The molecule has 0 bridgehead atoms. The number of aromatic nitrogens is 2.